The van der Waals surface area contributed by atoms with Crippen LogP contribution >= 0.6 is 0 Å². The molecule has 27 heavy (non-hydrogen) atoms. The van der Waals surface area contributed by atoms with Crippen molar-refractivity contribution >= 4 is 11.6 Å². The summed E-state index contributed by atoms with van der Waals surface area (Å²) in [4.78, 5) is 20.9. The van der Waals surface area contributed by atoms with Crippen molar-refractivity contribution < 1.29 is 9.53 Å². The van der Waals surface area contributed by atoms with E-state index < -0.39 is 0 Å². The van der Waals surface area contributed by atoms with Crippen LogP contribution in [-0.2, 0) is 0 Å². The number of carbonyl (C=O) groups is 1. The minimum absolute atomic E-state index is 0.0645. The van der Waals surface area contributed by atoms with Gasteiger partial charge in [0.1, 0.15) is 0 Å². The fourth-order valence-electron chi connectivity index (χ4n) is 3.23. The molecule has 1 unspecified atom stereocenters. The smallest absolute Gasteiger partial charge is 0.253 e. The van der Waals surface area contributed by atoms with E-state index in [0.29, 0.717) is 30.2 Å². The molecule has 3 rings (SSSR count). The third kappa shape index (κ3) is 4.76. The van der Waals surface area contributed by atoms with Crippen LogP contribution in [0.3, 0.4) is 0 Å². The Morgan fingerprint density at radius 2 is 2.11 bits per heavy atom. The molecule has 1 saturated heterocycles. The number of likely N-dealkylation sites (tertiary alicyclic amines) is 1. The number of carbonyl (C=O) groups excluding carboxylic acids is 1. The number of piperidine rings is 1. The van der Waals surface area contributed by atoms with Crippen LogP contribution in [-0.4, -0.2) is 49.6 Å². The van der Waals surface area contributed by atoms with Crippen molar-refractivity contribution in [3.8, 4) is 11.9 Å². The van der Waals surface area contributed by atoms with Crippen molar-refractivity contribution in [2.75, 3.05) is 38.7 Å². The first-order chi connectivity index (χ1) is 13.1. The Morgan fingerprint density at radius 3 is 2.81 bits per heavy atom. The molecule has 0 N–H and O–H groups in total. The van der Waals surface area contributed by atoms with E-state index in [1.54, 1.807) is 18.3 Å². The van der Waals surface area contributed by atoms with Gasteiger partial charge < -0.3 is 14.5 Å². The Kier molecular flexibility index (Phi) is 5.92. The van der Waals surface area contributed by atoms with E-state index in [1.165, 1.54) is 0 Å². The zero-order chi connectivity index (χ0) is 19.2. The summed E-state index contributed by atoms with van der Waals surface area (Å²) in [6.45, 7) is 1.93. The van der Waals surface area contributed by atoms with E-state index in [1.807, 2.05) is 48.2 Å². The molecule has 0 bridgehead atoms. The topological polar surface area (TPSA) is 69.5 Å². The van der Waals surface area contributed by atoms with Crippen LogP contribution in [0.5, 0.6) is 5.88 Å². The number of hydrogen-bond acceptors (Lipinski definition) is 5. The molecule has 0 aliphatic carbocycles. The highest BCUT2D eigenvalue weighted by Crippen LogP contribution is 2.21. The molecule has 0 spiro atoms. The predicted octanol–water partition coefficient (Wildman–Crippen LogP) is 2.95. The van der Waals surface area contributed by atoms with Crippen molar-refractivity contribution in [1.29, 1.82) is 5.26 Å². The summed E-state index contributed by atoms with van der Waals surface area (Å²) >= 11 is 0. The number of benzene rings is 1. The molecule has 1 atom stereocenters. The summed E-state index contributed by atoms with van der Waals surface area (Å²) in [5.74, 6) is 0.780. The molecule has 1 aromatic heterocycles. The molecule has 2 heterocycles. The van der Waals surface area contributed by atoms with Crippen molar-refractivity contribution in [2.24, 2.45) is 5.92 Å². The van der Waals surface area contributed by atoms with Gasteiger partial charge in [0.05, 0.1) is 18.2 Å². The summed E-state index contributed by atoms with van der Waals surface area (Å²) in [6, 6.07) is 13.1. The lowest BCUT2D eigenvalue weighted by Crippen LogP contribution is -2.41. The summed E-state index contributed by atoms with van der Waals surface area (Å²) in [7, 11) is 3.96. The van der Waals surface area contributed by atoms with Crippen LogP contribution in [0, 0.1) is 17.2 Å². The highest BCUT2D eigenvalue weighted by atomic mass is 16.5. The summed E-state index contributed by atoms with van der Waals surface area (Å²) in [5, 5.41) is 8.95. The van der Waals surface area contributed by atoms with Gasteiger partial charge in [-0.15, -0.1) is 0 Å². The molecule has 140 valence electrons. The van der Waals surface area contributed by atoms with E-state index in [0.717, 1.165) is 25.1 Å². The lowest BCUT2D eigenvalue weighted by atomic mass is 9.98. The molecule has 1 aromatic carbocycles. The number of nitrogens with zero attached hydrogens (tertiary/aromatic N) is 4. The van der Waals surface area contributed by atoms with Crippen LogP contribution < -0.4 is 9.64 Å². The number of aromatic nitrogens is 1. The van der Waals surface area contributed by atoms with Crippen molar-refractivity contribution in [3.63, 3.8) is 0 Å². The Labute approximate surface area is 160 Å². The van der Waals surface area contributed by atoms with E-state index in [2.05, 4.69) is 11.1 Å². The summed E-state index contributed by atoms with van der Waals surface area (Å²) in [6.07, 6.45) is 3.55. The van der Waals surface area contributed by atoms with Gasteiger partial charge in [0.15, 0.2) is 0 Å². The van der Waals surface area contributed by atoms with Gasteiger partial charge >= 0.3 is 0 Å². The maximum Gasteiger partial charge on any atom is 0.253 e. The molecule has 1 aliphatic heterocycles. The number of rotatable bonds is 5. The van der Waals surface area contributed by atoms with Crippen LogP contribution in [0.15, 0.2) is 42.6 Å². The third-order valence-electron chi connectivity index (χ3n) is 4.77. The second-order valence-corrected chi connectivity index (χ2v) is 7.01. The normalized spacial score (nSPS) is 16.5. The number of anilines is 1. The molecular formula is C21H24N4O2. The molecule has 1 amide bonds. The Bertz CT molecular complexity index is 827. The average Bonchev–Trinajstić information content (AvgIpc) is 2.72. The van der Waals surface area contributed by atoms with Gasteiger partial charge in [-0.25, -0.2) is 4.98 Å². The maximum absolute atomic E-state index is 12.8. The second kappa shape index (κ2) is 8.54. The van der Waals surface area contributed by atoms with Crippen molar-refractivity contribution in [3.05, 3.63) is 53.7 Å². The summed E-state index contributed by atoms with van der Waals surface area (Å²) in [5.41, 5.74) is 2.32. The van der Waals surface area contributed by atoms with Crippen LogP contribution in [0.1, 0.15) is 28.8 Å². The molecule has 2 aromatic rings. The Hall–Kier alpha value is -3.07. The number of amides is 1. The molecule has 6 heteroatoms. The third-order valence-corrected chi connectivity index (χ3v) is 4.77. The van der Waals surface area contributed by atoms with Crippen LogP contribution in [0.4, 0.5) is 5.69 Å². The highest BCUT2D eigenvalue weighted by Gasteiger charge is 2.25. The van der Waals surface area contributed by atoms with Gasteiger partial charge in [-0.1, -0.05) is 0 Å². The lowest BCUT2D eigenvalue weighted by molar-refractivity contribution is 0.0631. The van der Waals surface area contributed by atoms with Crippen LogP contribution in [0.25, 0.3) is 0 Å². The fourth-order valence-corrected chi connectivity index (χ4v) is 3.23. The minimum atomic E-state index is 0.0645. The zero-order valence-corrected chi connectivity index (χ0v) is 15.8. The van der Waals surface area contributed by atoms with E-state index in [-0.39, 0.29) is 11.8 Å². The van der Waals surface area contributed by atoms with Gasteiger partial charge in [-0.2, -0.15) is 5.26 Å². The van der Waals surface area contributed by atoms with E-state index in [4.69, 9.17) is 10.00 Å². The zero-order valence-electron chi connectivity index (χ0n) is 15.8. The minimum Gasteiger partial charge on any atom is -0.477 e. The standard InChI is InChI=1S/C21H24N4O2/c1-24(2)19-7-5-18(6-8-19)21(26)25-11-3-4-17(14-25)15-27-20-12-16(13-22)9-10-23-20/h5-10,12,17H,3-4,11,14-15H2,1-2H3. The number of nitriles is 1. The highest BCUT2D eigenvalue weighted by molar-refractivity contribution is 5.94. The molecule has 0 radical (unpaired) electrons. The van der Waals surface area contributed by atoms with Crippen molar-refractivity contribution in [2.45, 2.75) is 12.8 Å². The van der Waals surface area contributed by atoms with Gasteiger partial charge in [-0.3, -0.25) is 4.79 Å². The first-order valence-electron chi connectivity index (χ1n) is 9.12. The maximum atomic E-state index is 12.8. The molecular weight excluding hydrogens is 340 g/mol. The predicted molar refractivity (Wildman–Crippen MR) is 104 cm³/mol. The lowest BCUT2D eigenvalue weighted by Gasteiger charge is -2.32. The fraction of sp³-hybridized carbons (Fsp3) is 0.381. The van der Waals surface area contributed by atoms with Crippen LogP contribution in [0.2, 0.25) is 0 Å². The number of hydrogen-bond donors (Lipinski definition) is 0. The molecule has 6 nitrogen and oxygen atoms in total. The monoisotopic (exact) mass is 364 g/mol. The second-order valence-electron chi connectivity index (χ2n) is 7.01. The summed E-state index contributed by atoms with van der Waals surface area (Å²) < 4.78 is 5.76. The largest absolute Gasteiger partial charge is 0.477 e. The number of ether oxygens (including phenoxy) is 1. The first-order valence-corrected chi connectivity index (χ1v) is 9.12. The van der Waals surface area contributed by atoms with Gasteiger partial charge in [0, 0.05) is 56.6 Å². The first kappa shape index (κ1) is 18.7. The molecule has 1 fully saturated rings. The number of pyridine rings is 1. The van der Waals surface area contributed by atoms with E-state index in [9.17, 15) is 4.79 Å². The van der Waals surface area contributed by atoms with Gasteiger partial charge in [0.2, 0.25) is 5.88 Å². The van der Waals surface area contributed by atoms with E-state index >= 15 is 0 Å². The van der Waals surface area contributed by atoms with Gasteiger partial charge in [-0.05, 0) is 43.2 Å². The Morgan fingerprint density at radius 1 is 1.33 bits per heavy atom. The quantitative estimate of drug-likeness (QED) is 0.816. The van der Waals surface area contributed by atoms with Gasteiger partial charge in [0.25, 0.3) is 5.91 Å². The Balaban J connectivity index is 1.58. The molecule has 0 saturated carbocycles. The molecule has 1 aliphatic rings. The SMILES string of the molecule is CN(C)c1ccc(C(=O)N2CCCC(COc3cc(C#N)ccn3)C2)cc1. The van der Waals surface area contributed by atoms with Crippen molar-refractivity contribution in [1.82, 2.24) is 9.88 Å². The average molecular weight is 364 g/mol.